The number of β-amino-alcohol motifs (C(OH)–C–C–N with tert-alkyl or cyclic N) is 1. The second-order valence-electron chi connectivity index (χ2n) is 5.59. The Morgan fingerprint density at radius 2 is 2.07 bits per heavy atom. The summed E-state index contributed by atoms with van der Waals surface area (Å²) >= 11 is 0. The number of nitrogens with zero attached hydrogens (tertiary/aromatic N) is 1. The minimum Gasteiger partial charge on any atom is -0.388 e. The highest BCUT2D eigenvalue weighted by molar-refractivity contribution is 5.77. The van der Waals surface area contributed by atoms with Crippen molar-refractivity contribution in [2.75, 3.05) is 13.1 Å². The monoisotopic (exact) mass is 209 g/mol. The first-order chi connectivity index (χ1) is 7.17. The maximum absolute atomic E-state index is 11.8. The lowest BCUT2D eigenvalue weighted by atomic mass is 9.97. The lowest BCUT2D eigenvalue weighted by molar-refractivity contribution is -0.131. The largest absolute Gasteiger partial charge is 0.388 e. The van der Waals surface area contributed by atoms with E-state index in [1.165, 1.54) is 12.8 Å². The quantitative estimate of drug-likeness (QED) is 0.757. The Hall–Kier alpha value is -0.570. The predicted molar refractivity (Wildman–Crippen MR) is 56.2 cm³/mol. The summed E-state index contributed by atoms with van der Waals surface area (Å²) in [6.45, 7) is 1.38. The Kier molecular flexibility index (Phi) is 2.06. The van der Waals surface area contributed by atoms with Crippen molar-refractivity contribution in [3.8, 4) is 0 Å². The first kappa shape index (κ1) is 9.64. The lowest BCUT2D eigenvalue weighted by Gasteiger charge is -2.23. The van der Waals surface area contributed by atoms with Crippen LogP contribution >= 0.6 is 0 Å². The van der Waals surface area contributed by atoms with Gasteiger partial charge < -0.3 is 10.0 Å². The SMILES string of the molecule is O=C(CC1CC1)N1CCC(O)(C2CC2)C1. The second-order valence-corrected chi connectivity index (χ2v) is 5.59. The standard InChI is InChI=1S/C12H19NO2/c14-11(7-9-1-2-9)13-6-5-12(15,8-13)10-3-4-10/h9-10,15H,1-8H2. The lowest BCUT2D eigenvalue weighted by Crippen LogP contribution is -2.37. The third-order valence-corrected chi connectivity index (χ3v) is 4.13. The van der Waals surface area contributed by atoms with E-state index in [-0.39, 0.29) is 5.91 Å². The van der Waals surface area contributed by atoms with Gasteiger partial charge in [-0.15, -0.1) is 0 Å². The number of rotatable bonds is 3. The number of carbonyl (C=O) groups is 1. The first-order valence-electron chi connectivity index (χ1n) is 6.17. The number of hydrogen-bond donors (Lipinski definition) is 1. The molecule has 1 aliphatic heterocycles. The molecule has 3 rings (SSSR count). The summed E-state index contributed by atoms with van der Waals surface area (Å²) in [6, 6.07) is 0. The third-order valence-electron chi connectivity index (χ3n) is 4.13. The van der Waals surface area contributed by atoms with E-state index in [4.69, 9.17) is 0 Å². The molecule has 3 nitrogen and oxygen atoms in total. The van der Waals surface area contributed by atoms with Crippen LogP contribution in [-0.4, -0.2) is 34.6 Å². The first-order valence-corrected chi connectivity index (χ1v) is 6.17. The topological polar surface area (TPSA) is 40.5 Å². The molecule has 3 fully saturated rings. The van der Waals surface area contributed by atoms with Crippen LogP contribution in [0.2, 0.25) is 0 Å². The van der Waals surface area contributed by atoms with Gasteiger partial charge in [0, 0.05) is 19.5 Å². The highest BCUT2D eigenvalue weighted by Crippen LogP contribution is 2.44. The summed E-state index contributed by atoms with van der Waals surface area (Å²) in [5.41, 5.74) is -0.529. The molecular weight excluding hydrogens is 190 g/mol. The zero-order chi connectivity index (χ0) is 10.5. The van der Waals surface area contributed by atoms with Gasteiger partial charge in [-0.3, -0.25) is 4.79 Å². The molecule has 1 heterocycles. The fourth-order valence-corrected chi connectivity index (χ4v) is 2.68. The van der Waals surface area contributed by atoms with E-state index in [0.29, 0.717) is 18.4 Å². The van der Waals surface area contributed by atoms with Crippen molar-refractivity contribution in [2.24, 2.45) is 11.8 Å². The summed E-state index contributed by atoms with van der Waals surface area (Å²) in [5.74, 6) is 1.41. The summed E-state index contributed by atoms with van der Waals surface area (Å²) < 4.78 is 0. The van der Waals surface area contributed by atoms with Gasteiger partial charge in [0.05, 0.1) is 5.60 Å². The number of aliphatic hydroxyl groups is 1. The fraction of sp³-hybridized carbons (Fsp3) is 0.917. The van der Waals surface area contributed by atoms with E-state index in [0.717, 1.165) is 32.2 Å². The van der Waals surface area contributed by atoms with Crippen molar-refractivity contribution in [3.63, 3.8) is 0 Å². The van der Waals surface area contributed by atoms with Crippen LogP contribution < -0.4 is 0 Å². The van der Waals surface area contributed by atoms with Gasteiger partial charge in [0.25, 0.3) is 0 Å². The van der Waals surface area contributed by atoms with E-state index in [9.17, 15) is 9.90 Å². The molecule has 1 saturated heterocycles. The van der Waals surface area contributed by atoms with E-state index in [1.54, 1.807) is 0 Å². The minimum atomic E-state index is -0.529. The van der Waals surface area contributed by atoms with E-state index in [1.807, 2.05) is 4.90 Å². The van der Waals surface area contributed by atoms with Crippen LogP contribution in [0, 0.1) is 11.8 Å². The zero-order valence-corrected chi connectivity index (χ0v) is 9.11. The molecule has 0 spiro atoms. The molecule has 0 aromatic carbocycles. The summed E-state index contributed by atoms with van der Waals surface area (Å²) in [6.07, 6.45) is 6.29. The average molecular weight is 209 g/mol. The Labute approximate surface area is 90.5 Å². The highest BCUT2D eigenvalue weighted by Gasteiger charge is 2.49. The van der Waals surface area contributed by atoms with Crippen LogP contribution in [0.15, 0.2) is 0 Å². The molecule has 1 N–H and O–H groups in total. The molecule has 1 unspecified atom stereocenters. The van der Waals surface area contributed by atoms with Gasteiger partial charge in [-0.1, -0.05) is 0 Å². The molecule has 1 amide bonds. The van der Waals surface area contributed by atoms with Crippen LogP contribution in [0.5, 0.6) is 0 Å². The van der Waals surface area contributed by atoms with Crippen molar-refractivity contribution in [2.45, 2.75) is 44.1 Å². The third kappa shape index (κ3) is 1.89. The number of carbonyl (C=O) groups excluding carboxylic acids is 1. The number of amides is 1. The van der Waals surface area contributed by atoms with Crippen molar-refractivity contribution in [1.82, 2.24) is 4.90 Å². The smallest absolute Gasteiger partial charge is 0.222 e. The summed E-state index contributed by atoms with van der Waals surface area (Å²) in [4.78, 5) is 13.7. The second kappa shape index (κ2) is 3.21. The fourth-order valence-electron chi connectivity index (χ4n) is 2.68. The maximum Gasteiger partial charge on any atom is 0.222 e. The van der Waals surface area contributed by atoms with E-state index in [2.05, 4.69) is 0 Å². The van der Waals surface area contributed by atoms with Crippen molar-refractivity contribution in [3.05, 3.63) is 0 Å². The van der Waals surface area contributed by atoms with Crippen LogP contribution in [-0.2, 0) is 4.79 Å². The molecule has 3 aliphatic rings. The van der Waals surface area contributed by atoms with Gasteiger partial charge in [0.1, 0.15) is 0 Å². The molecular formula is C12H19NO2. The van der Waals surface area contributed by atoms with Crippen LogP contribution in [0.3, 0.4) is 0 Å². The Morgan fingerprint density at radius 1 is 1.33 bits per heavy atom. The molecule has 0 aromatic heterocycles. The molecule has 2 aliphatic carbocycles. The van der Waals surface area contributed by atoms with Crippen molar-refractivity contribution < 1.29 is 9.90 Å². The van der Waals surface area contributed by atoms with Gasteiger partial charge >= 0.3 is 0 Å². The van der Waals surface area contributed by atoms with E-state index >= 15 is 0 Å². The van der Waals surface area contributed by atoms with Gasteiger partial charge in [-0.05, 0) is 43.9 Å². The van der Waals surface area contributed by atoms with Gasteiger partial charge in [0.2, 0.25) is 5.91 Å². The molecule has 3 heteroatoms. The minimum absolute atomic E-state index is 0.272. The van der Waals surface area contributed by atoms with Gasteiger partial charge in [-0.25, -0.2) is 0 Å². The molecule has 15 heavy (non-hydrogen) atoms. The number of likely N-dealkylation sites (tertiary alicyclic amines) is 1. The van der Waals surface area contributed by atoms with Crippen LogP contribution in [0.1, 0.15) is 38.5 Å². The zero-order valence-electron chi connectivity index (χ0n) is 9.11. The van der Waals surface area contributed by atoms with Crippen molar-refractivity contribution in [1.29, 1.82) is 0 Å². The molecule has 0 bridgehead atoms. The Balaban J connectivity index is 1.57. The van der Waals surface area contributed by atoms with Crippen LogP contribution in [0.4, 0.5) is 0 Å². The van der Waals surface area contributed by atoms with Gasteiger partial charge in [0.15, 0.2) is 0 Å². The Bertz CT molecular complexity index is 283. The normalized spacial score (nSPS) is 35.9. The predicted octanol–water partition coefficient (Wildman–Crippen LogP) is 1.16. The molecule has 84 valence electrons. The van der Waals surface area contributed by atoms with E-state index < -0.39 is 5.60 Å². The summed E-state index contributed by atoms with van der Waals surface area (Å²) in [7, 11) is 0. The average Bonchev–Trinajstić information content (AvgIpc) is 3.06. The molecule has 2 saturated carbocycles. The number of hydrogen-bond acceptors (Lipinski definition) is 2. The van der Waals surface area contributed by atoms with Crippen LogP contribution in [0.25, 0.3) is 0 Å². The molecule has 1 atom stereocenters. The maximum atomic E-state index is 11.8. The molecule has 0 aromatic rings. The Morgan fingerprint density at radius 3 is 2.67 bits per heavy atom. The van der Waals surface area contributed by atoms with Gasteiger partial charge in [-0.2, -0.15) is 0 Å². The van der Waals surface area contributed by atoms with Crippen molar-refractivity contribution >= 4 is 5.91 Å². The highest BCUT2D eigenvalue weighted by atomic mass is 16.3. The summed E-state index contributed by atoms with van der Waals surface area (Å²) in [5, 5.41) is 10.3. The molecule has 0 radical (unpaired) electrons.